The third-order valence-electron chi connectivity index (χ3n) is 3.03. The van der Waals surface area contributed by atoms with Gasteiger partial charge in [-0.15, -0.1) is 0 Å². The number of carboxylic acid groups (broad SMARTS) is 3. The molecule has 0 aliphatic carbocycles. The third kappa shape index (κ3) is 10.5. The summed E-state index contributed by atoms with van der Waals surface area (Å²) in [5.41, 5.74) is 0.660. The van der Waals surface area contributed by atoms with Gasteiger partial charge in [-0.1, -0.05) is 91.0 Å². The maximum absolute atomic E-state index is 10.1. The molecule has 0 saturated carbocycles. The fourth-order valence-corrected chi connectivity index (χ4v) is 1.72. The smallest absolute Gasteiger partial charge is 0.545 e. The van der Waals surface area contributed by atoms with E-state index in [9.17, 15) is 29.7 Å². The minimum absolute atomic E-state index is 0. The van der Waals surface area contributed by atoms with Crippen molar-refractivity contribution in [3.8, 4) is 0 Å². The molecule has 6 nitrogen and oxygen atoms in total. The zero-order chi connectivity index (χ0) is 20.1. The van der Waals surface area contributed by atoms with E-state index in [0.717, 1.165) is 0 Å². The van der Waals surface area contributed by atoms with Crippen molar-refractivity contribution in [2.24, 2.45) is 0 Å². The summed E-state index contributed by atoms with van der Waals surface area (Å²) in [6.45, 7) is 0. The van der Waals surface area contributed by atoms with Crippen molar-refractivity contribution in [1.29, 1.82) is 0 Å². The first-order valence-electron chi connectivity index (χ1n) is 7.71. The van der Waals surface area contributed by atoms with Crippen LogP contribution in [-0.4, -0.2) is 17.9 Å². The number of benzene rings is 3. The summed E-state index contributed by atoms with van der Waals surface area (Å²) < 4.78 is 0. The zero-order valence-electron chi connectivity index (χ0n) is 14.4. The average Bonchev–Trinajstić information content (AvgIpc) is 2.71. The van der Waals surface area contributed by atoms with Crippen LogP contribution in [0.15, 0.2) is 91.0 Å². The van der Waals surface area contributed by atoms with Crippen molar-refractivity contribution in [2.75, 3.05) is 0 Å². The van der Waals surface area contributed by atoms with E-state index < -0.39 is 17.9 Å². The SMILES string of the molecule is O=C([O-])c1ccccc1.O=C([O-])c1ccccc1.O=C([O-])c1ccccc1.[Er+3]. The summed E-state index contributed by atoms with van der Waals surface area (Å²) in [7, 11) is 0. The average molecular weight is 531 g/mol. The molecule has 7 heteroatoms. The summed E-state index contributed by atoms with van der Waals surface area (Å²) in [5.74, 6) is -3.39. The second-order valence-corrected chi connectivity index (χ2v) is 4.96. The van der Waals surface area contributed by atoms with Gasteiger partial charge in [-0.2, -0.15) is 0 Å². The summed E-state index contributed by atoms with van der Waals surface area (Å²) in [4.78, 5) is 30.3. The molecule has 147 valence electrons. The van der Waals surface area contributed by atoms with Crippen LogP contribution in [0.4, 0.5) is 0 Å². The maximum Gasteiger partial charge on any atom is 3.00 e. The molecule has 1 radical (unpaired) electrons. The topological polar surface area (TPSA) is 120 Å². The number of carbonyl (C=O) groups excluding carboxylic acids is 3. The minimum Gasteiger partial charge on any atom is -0.545 e. The predicted molar refractivity (Wildman–Crippen MR) is 92.3 cm³/mol. The van der Waals surface area contributed by atoms with Crippen molar-refractivity contribution in [3.63, 3.8) is 0 Å². The Kier molecular flexibility index (Phi) is 13.0. The molecule has 0 aliphatic rings. The number of hydrogen-bond donors (Lipinski definition) is 0. The number of carboxylic acids is 3. The van der Waals surface area contributed by atoms with Gasteiger partial charge in [0.1, 0.15) is 0 Å². The van der Waals surface area contributed by atoms with Crippen LogP contribution in [0.2, 0.25) is 0 Å². The van der Waals surface area contributed by atoms with Gasteiger partial charge in [0.25, 0.3) is 0 Å². The summed E-state index contributed by atoms with van der Waals surface area (Å²) in [6, 6.07) is 24.2. The van der Waals surface area contributed by atoms with Crippen LogP contribution in [-0.2, 0) is 0 Å². The molecule has 3 aromatic carbocycles. The summed E-state index contributed by atoms with van der Waals surface area (Å²) in [5, 5.41) is 30.3. The first-order chi connectivity index (χ1) is 12.9. The van der Waals surface area contributed by atoms with Crippen molar-refractivity contribution < 1.29 is 67.0 Å². The standard InChI is InChI=1S/3C7H6O2.Er/c3*8-7(9)6-4-2-1-3-5-6;/h3*1-5H,(H,8,9);/q;;;+3/p-3. The second-order valence-electron chi connectivity index (χ2n) is 4.96. The van der Waals surface area contributed by atoms with Crippen LogP contribution in [0.5, 0.6) is 0 Å². The quantitative estimate of drug-likeness (QED) is 0.476. The predicted octanol–water partition coefficient (Wildman–Crippen LogP) is 0.150. The summed E-state index contributed by atoms with van der Waals surface area (Å²) >= 11 is 0. The fourth-order valence-electron chi connectivity index (χ4n) is 1.72. The van der Waals surface area contributed by atoms with Crippen LogP contribution in [0, 0.1) is 37.3 Å². The molecule has 3 rings (SSSR count). The molecular weight excluding hydrogens is 515 g/mol. The van der Waals surface area contributed by atoms with Crippen LogP contribution >= 0.6 is 0 Å². The number of rotatable bonds is 3. The van der Waals surface area contributed by atoms with Gasteiger partial charge in [0.05, 0.1) is 17.9 Å². The van der Waals surface area contributed by atoms with Gasteiger partial charge < -0.3 is 29.7 Å². The normalized spacial score (nSPS) is 8.57. The largest absolute Gasteiger partial charge is 3.00 e. The Hall–Kier alpha value is -2.68. The zero-order valence-corrected chi connectivity index (χ0v) is 16.3. The van der Waals surface area contributed by atoms with Crippen LogP contribution < -0.4 is 15.3 Å². The van der Waals surface area contributed by atoms with Crippen molar-refractivity contribution in [3.05, 3.63) is 108 Å². The molecular formula is C21H15ErO6. The monoisotopic (exact) mass is 529 g/mol. The Balaban J connectivity index is 0.000000384. The Morgan fingerprint density at radius 3 is 0.714 bits per heavy atom. The van der Waals surface area contributed by atoms with Gasteiger partial charge in [0.15, 0.2) is 0 Å². The molecule has 0 amide bonds. The Morgan fingerprint density at radius 1 is 0.429 bits per heavy atom. The Bertz CT molecular complexity index is 734. The molecule has 0 spiro atoms. The third-order valence-corrected chi connectivity index (χ3v) is 3.03. The number of hydrogen-bond acceptors (Lipinski definition) is 6. The van der Waals surface area contributed by atoms with Crippen molar-refractivity contribution >= 4 is 17.9 Å². The van der Waals surface area contributed by atoms with E-state index in [2.05, 4.69) is 0 Å². The van der Waals surface area contributed by atoms with Crippen LogP contribution in [0.25, 0.3) is 0 Å². The van der Waals surface area contributed by atoms with E-state index in [4.69, 9.17) is 0 Å². The molecule has 0 atom stereocenters. The first kappa shape index (κ1) is 25.3. The molecule has 0 aliphatic heterocycles. The van der Waals surface area contributed by atoms with Gasteiger partial charge in [-0.3, -0.25) is 0 Å². The fraction of sp³-hybridized carbons (Fsp3) is 0. The van der Waals surface area contributed by atoms with Crippen molar-refractivity contribution in [1.82, 2.24) is 0 Å². The van der Waals surface area contributed by atoms with Crippen LogP contribution in [0.3, 0.4) is 0 Å². The second kappa shape index (κ2) is 14.4. The van der Waals surface area contributed by atoms with E-state index in [1.54, 1.807) is 54.6 Å². The van der Waals surface area contributed by atoms with E-state index in [1.807, 2.05) is 0 Å². The van der Waals surface area contributed by atoms with E-state index in [0.29, 0.717) is 0 Å². The molecule has 0 unspecified atom stereocenters. The van der Waals surface area contributed by atoms with Gasteiger partial charge in [0.2, 0.25) is 0 Å². The molecule has 0 heterocycles. The van der Waals surface area contributed by atoms with E-state index in [-0.39, 0.29) is 54.0 Å². The number of carbonyl (C=O) groups is 3. The Labute approximate surface area is 191 Å². The Morgan fingerprint density at radius 2 is 0.607 bits per heavy atom. The van der Waals surface area contributed by atoms with Crippen LogP contribution in [0.1, 0.15) is 31.1 Å². The molecule has 0 saturated heterocycles. The van der Waals surface area contributed by atoms with Gasteiger partial charge in [-0.05, 0) is 16.7 Å². The molecule has 0 N–H and O–H groups in total. The molecule has 0 fully saturated rings. The minimum atomic E-state index is -1.13. The molecule has 28 heavy (non-hydrogen) atoms. The van der Waals surface area contributed by atoms with E-state index >= 15 is 0 Å². The molecule has 3 aromatic rings. The van der Waals surface area contributed by atoms with Gasteiger partial charge in [-0.25, -0.2) is 0 Å². The summed E-state index contributed by atoms with van der Waals surface area (Å²) in [6.07, 6.45) is 0. The van der Waals surface area contributed by atoms with E-state index in [1.165, 1.54) is 36.4 Å². The maximum atomic E-state index is 10.1. The van der Waals surface area contributed by atoms with Gasteiger partial charge >= 0.3 is 37.3 Å². The molecule has 0 bridgehead atoms. The van der Waals surface area contributed by atoms with Crippen molar-refractivity contribution in [2.45, 2.75) is 0 Å². The number of aromatic carboxylic acids is 3. The first-order valence-corrected chi connectivity index (χ1v) is 7.71. The van der Waals surface area contributed by atoms with Gasteiger partial charge in [0, 0.05) is 0 Å². The molecule has 0 aromatic heterocycles.